The van der Waals surface area contributed by atoms with Gasteiger partial charge in [0.1, 0.15) is 0 Å². The second-order valence-electron chi connectivity index (χ2n) is 5.78. The predicted molar refractivity (Wildman–Crippen MR) is 88.6 cm³/mol. The molecule has 1 aromatic rings. The summed E-state index contributed by atoms with van der Waals surface area (Å²) in [6.45, 7) is 6.91. The van der Waals surface area contributed by atoms with E-state index in [0.29, 0.717) is 38.0 Å². The van der Waals surface area contributed by atoms with Gasteiger partial charge in [-0.2, -0.15) is 0 Å². The Hall–Kier alpha value is -1.65. The van der Waals surface area contributed by atoms with E-state index in [0.717, 1.165) is 19.5 Å². The van der Waals surface area contributed by atoms with Crippen molar-refractivity contribution in [2.75, 3.05) is 32.8 Å². The molecule has 2 rings (SSSR count). The van der Waals surface area contributed by atoms with Crippen LogP contribution in [0.15, 0.2) is 43.0 Å². The molecular formula is C18H26N2O2. The topological polar surface area (TPSA) is 55.6 Å². The third-order valence-corrected chi connectivity index (χ3v) is 4.24. The van der Waals surface area contributed by atoms with Crippen molar-refractivity contribution in [2.24, 2.45) is 11.7 Å². The zero-order valence-corrected chi connectivity index (χ0v) is 13.1. The summed E-state index contributed by atoms with van der Waals surface area (Å²) in [7, 11) is 0. The van der Waals surface area contributed by atoms with Gasteiger partial charge in [-0.25, -0.2) is 0 Å². The summed E-state index contributed by atoms with van der Waals surface area (Å²) in [5, 5.41) is 0. The quantitative estimate of drug-likeness (QED) is 0.591. The zero-order chi connectivity index (χ0) is 15.8. The molecule has 1 heterocycles. The number of nitrogens with zero attached hydrogens (tertiary/aromatic N) is 1. The van der Waals surface area contributed by atoms with Crippen molar-refractivity contribution in [3.8, 4) is 0 Å². The lowest BCUT2D eigenvalue weighted by Crippen LogP contribution is -2.29. The number of hydrogen-bond donors (Lipinski definition) is 1. The van der Waals surface area contributed by atoms with E-state index in [1.807, 2.05) is 23.1 Å². The molecule has 0 saturated carbocycles. The van der Waals surface area contributed by atoms with E-state index in [9.17, 15) is 4.79 Å². The normalized spacial score (nSPS) is 21.0. The first-order chi connectivity index (χ1) is 10.8. The largest absolute Gasteiger partial charge is 0.377 e. The van der Waals surface area contributed by atoms with E-state index in [1.165, 1.54) is 5.56 Å². The molecule has 2 atom stereocenters. The van der Waals surface area contributed by atoms with Crippen LogP contribution >= 0.6 is 0 Å². The fourth-order valence-electron chi connectivity index (χ4n) is 3.04. The van der Waals surface area contributed by atoms with Gasteiger partial charge < -0.3 is 15.4 Å². The van der Waals surface area contributed by atoms with Crippen molar-refractivity contribution in [1.82, 2.24) is 4.90 Å². The molecule has 0 bridgehead atoms. The number of carbonyl (C=O) groups excluding carboxylic acids is 1. The Balaban J connectivity index is 1.86. The first-order valence-corrected chi connectivity index (χ1v) is 7.97. The molecule has 1 aliphatic heterocycles. The van der Waals surface area contributed by atoms with Crippen molar-refractivity contribution in [2.45, 2.75) is 18.8 Å². The fraction of sp³-hybridized carbons (Fsp3) is 0.500. The predicted octanol–water partition coefficient (Wildman–Crippen LogP) is 2.17. The van der Waals surface area contributed by atoms with Crippen LogP contribution in [0.5, 0.6) is 0 Å². The second-order valence-corrected chi connectivity index (χ2v) is 5.78. The van der Waals surface area contributed by atoms with Crippen LogP contribution in [0.1, 0.15) is 24.3 Å². The average molecular weight is 302 g/mol. The van der Waals surface area contributed by atoms with Gasteiger partial charge in [0.25, 0.3) is 0 Å². The Morgan fingerprint density at radius 3 is 2.82 bits per heavy atom. The van der Waals surface area contributed by atoms with Crippen molar-refractivity contribution in [1.29, 1.82) is 0 Å². The van der Waals surface area contributed by atoms with Crippen LogP contribution in [-0.4, -0.2) is 43.7 Å². The number of benzene rings is 1. The third kappa shape index (κ3) is 4.42. The summed E-state index contributed by atoms with van der Waals surface area (Å²) >= 11 is 0. The van der Waals surface area contributed by atoms with Crippen LogP contribution in [0.3, 0.4) is 0 Å². The molecule has 22 heavy (non-hydrogen) atoms. The first-order valence-electron chi connectivity index (χ1n) is 7.97. The molecule has 0 aliphatic carbocycles. The maximum absolute atomic E-state index is 12.3. The molecule has 0 radical (unpaired) electrons. The lowest BCUT2D eigenvalue weighted by Gasteiger charge is -2.17. The van der Waals surface area contributed by atoms with E-state index in [-0.39, 0.29) is 5.91 Å². The maximum atomic E-state index is 12.3. The molecule has 1 fully saturated rings. The molecular weight excluding hydrogens is 276 g/mol. The summed E-state index contributed by atoms with van der Waals surface area (Å²) in [6.07, 6.45) is 3.01. The lowest BCUT2D eigenvalue weighted by molar-refractivity contribution is -0.130. The number of ether oxygens (including phenoxy) is 1. The molecule has 4 heteroatoms. The molecule has 0 aromatic heterocycles. The number of rotatable bonds is 8. The molecule has 1 aliphatic rings. The van der Waals surface area contributed by atoms with Gasteiger partial charge in [0.2, 0.25) is 5.91 Å². The highest BCUT2D eigenvalue weighted by Crippen LogP contribution is 2.32. The molecule has 4 nitrogen and oxygen atoms in total. The summed E-state index contributed by atoms with van der Waals surface area (Å²) in [5.74, 6) is 0.912. The van der Waals surface area contributed by atoms with Crippen molar-refractivity contribution in [3.63, 3.8) is 0 Å². The molecule has 2 N–H and O–H groups in total. The standard InChI is InChI=1S/C18H26N2O2/c1-2-10-22-11-6-9-18(21)20-13-16(12-19)17(14-20)15-7-4-3-5-8-15/h2-5,7-8,16-17H,1,6,9-14,19H2/t16-,17+/m1/s1. The monoisotopic (exact) mass is 302 g/mol. The average Bonchev–Trinajstić information content (AvgIpc) is 3.00. The number of likely N-dealkylation sites (tertiary alicyclic amines) is 1. The van der Waals surface area contributed by atoms with Crippen molar-refractivity contribution < 1.29 is 9.53 Å². The molecule has 0 spiro atoms. The molecule has 1 saturated heterocycles. The number of carbonyl (C=O) groups is 1. The van der Waals surface area contributed by atoms with Crippen LogP contribution in [0.4, 0.5) is 0 Å². The minimum absolute atomic E-state index is 0.207. The summed E-state index contributed by atoms with van der Waals surface area (Å²) in [6, 6.07) is 10.4. The number of amides is 1. The highest BCUT2D eigenvalue weighted by Gasteiger charge is 2.34. The van der Waals surface area contributed by atoms with Crippen LogP contribution < -0.4 is 5.73 Å². The van der Waals surface area contributed by atoms with Crippen LogP contribution in [-0.2, 0) is 9.53 Å². The second kappa shape index (κ2) is 8.71. The van der Waals surface area contributed by atoms with E-state index in [1.54, 1.807) is 6.08 Å². The SMILES string of the molecule is C=CCOCCCC(=O)N1C[C@@H](CN)[C@H](c2ccccc2)C1. The molecule has 1 aromatic carbocycles. The van der Waals surface area contributed by atoms with Gasteiger partial charge in [-0.3, -0.25) is 4.79 Å². The Kier molecular flexibility index (Phi) is 6.62. The Bertz CT molecular complexity index is 475. The van der Waals surface area contributed by atoms with Crippen LogP contribution in [0.25, 0.3) is 0 Å². The summed E-state index contributed by atoms with van der Waals surface area (Å²) < 4.78 is 5.32. The van der Waals surface area contributed by atoms with Gasteiger partial charge in [0.15, 0.2) is 0 Å². The molecule has 120 valence electrons. The maximum Gasteiger partial charge on any atom is 0.222 e. The third-order valence-electron chi connectivity index (χ3n) is 4.24. The van der Waals surface area contributed by atoms with Crippen LogP contribution in [0.2, 0.25) is 0 Å². The van der Waals surface area contributed by atoms with Gasteiger partial charge in [-0.15, -0.1) is 6.58 Å². The summed E-state index contributed by atoms with van der Waals surface area (Å²) in [5.41, 5.74) is 7.19. The van der Waals surface area contributed by atoms with E-state index >= 15 is 0 Å². The molecule has 1 amide bonds. The first kappa shape index (κ1) is 16.7. The fourth-order valence-corrected chi connectivity index (χ4v) is 3.04. The Morgan fingerprint density at radius 2 is 2.14 bits per heavy atom. The summed E-state index contributed by atoms with van der Waals surface area (Å²) in [4.78, 5) is 14.3. The highest BCUT2D eigenvalue weighted by atomic mass is 16.5. The van der Waals surface area contributed by atoms with Crippen molar-refractivity contribution in [3.05, 3.63) is 48.6 Å². The Morgan fingerprint density at radius 1 is 1.36 bits per heavy atom. The Labute approximate surface area is 132 Å². The van der Waals surface area contributed by atoms with Crippen LogP contribution in [0, 0.1) is 5.92 Å². The number of hydrogen-bond acceptors (Lipinski definition) is 3. The highest BCUT2D eigenvalue weighted by molar-refractivity contribution is 5.76. The van der Waals surface area contributed by atoms with Gasteiger partial charge in [0, 0.05) is 32.0 Å². The van der Waals surface area contributed by atoms with Gasteiger partial charge in [-0.05, 0) is 24.4 Å². The van der Waals surface area contributed by atoms with E-state index in [2.05, 4.69) is 18.7 Å². The van der Waals surface area contributed by atoms with Gasteiger partial charge >= 0.3 is 0 Å². The smallest absolute Gasteiger partial charge is 0.222 e. The minimum Gasteiger partial charge on any atom is -0.377 e. The van der Waals surface area contributed by atoms with Gasteiger partial charge in [-0.1, -0.05) is 36.4 Å². The van der Waals surface area contributed by atoms with E-state index < -0.39 is 0 Å². The van der Waals surface area contributed by atoms with Gasteiger partial charge in [0.05, 0.1) is 6.61 Å². The molecule has 0 unspecified atom stereocenters. The lowest BCUT2D eigenvalue weighted by atomic mass is 9.89. The van der Waals surface area contributed by atoms with E-state index in [4.69, 9.17) is 10.5 Å². The number of nitrogens with two attached hydrogens (primary N) is 1. The van der Waals surface area contributed by atoms with Crippen molar-refractivity contribution >= 4 is 5.91 Å². The zero-order valence-electron chi connectivity index (χ0n) is 13.1. The minimum atomic E-state index is 0.207.